The van der Waals surface area contributed by atoms with Crippen molar-refractivity contribution in [2.75, 3.05) is 7.05 Å². The Labute approximate surface area is 147 Å². The molecule has 1 amide bonds. The molecule has 0 saturated carbocycles. The summed E-state index contributed by atoms with van der Waals surface area (Å²) in [6, 6.07) is 0.0558. The minimum absolute atomic E-state index is 0.00364. The lowest BCUT2D eigenvalue weighted by Crippen LogP contribution is -2.35. The third-order valence-electron chi connectivity index (χ3n) is 5.74. The fourth-order valence-electron chi connectivity index (χ4n) is 4.10. The van der Waals surface area contributed by atoms with Crippen LogP contribution in [0.3, 0.4) is 0 Å². The fourth-order valence-corrected chi connectivity index (χ4v) is 4.10. The van der Waals surface area contributed by atoms with Crippen LogP contribution in [0.2, 0.25) is 0 Å². The van der Waals surface area contributed by atoms with Crippen molar-refractivity contribution in [1.82, 2.24) is 25.2 Å². The number of nitrogens with zero attached hydrogens (tertiary/aromatic N) is 4. The minimum Gasteiger partial charge on any atom is -0.361 e. The van der Waals surface area contributed by atoms with Crippen molar-refractivity contribution in [2.45, 2.75) is 57.7 Å². The highest BCUT2D eigenvalue weighted by atomic mass is 16.5. The van der Waals surface area contributed by atoms with E-state index in [1.165, 1.54) is 18.4 Å². The molecule has 1 fully saturated rings. The van der Waals surface area contributed by atoms with E-state index in [4.69, 9.17) is 4.52 Å². The molecule has 0 spiro atoms. The van der Waals surface area contributed by atoms with E-state index in [0.717, 1.165) is 35.6 Å². The Balaban J connectivity index is 1.53. The predicted octanol–water partition coefficient (Wildman–Crippen LogP) is 1.66. The Morgan fingerprint density at radius 2 is 2.12 bits per heavy atom. The molecule has 1 saturated heterocycles. The lowest BCUT2D eigenvalue weighted by Gasteiger charge is -2.25. The highest BCUT2D eigenvalue weighted by Crippen LogP contribution is 2.34. The van der Waals surface area contributed by atoms with Gasteiger partial charge in [-0.2, -0.15) is 5.10 Å². The summed E-state index contributed by atoms with van der Waals surface area (Å²) >= 11 is 0. The summed E-state index contributed by atoms with van der Waals surface area (Å²) in [4.78, 5) is 14.1. The molecule has 0 bridgehead atoms. The Kier molecular flexibility index (Phi) is 4.11. The molecule has 7 nitrogen and oxygen atoms in total. The molecule has 4 rings (SSSR count). The highest BCUT2D eigenvalue weighted by Gasteiger charge is 2.40. The van der Waals surface area contributed by atoms with Gasteiger partial charge in [0, 0.05) is 56.3 Å². The van der Waals surface area contributed by atoms with Crippen LogP contribution < -0.4 is 5.32 Å². The number of aromatic nitrogens is 3. The number of carbonyl (C=O) groups is 1. The molecule has 0 aromatic carbocycles. The maximum atomic E-state index is 12.3. The van der Waals surface area contributed by atoms with E-state index in [2.05, 4.69) is 15.6 Å². The van der Waals surface area contributed by atoms with Crippen molar-refractivity contribution in [3.8, 4) is 0 Å². The van der Waals surface area contributed by atoms with Gasteiger partial charge >= 0.3 is 0 Å². The second-order valence-electron chi connectivity index (χ2n) is 7.19. The quantitative estimate of drug-likeness (QED) is 0.914. The zero-order chi connectivity index (χ0) is 17.6. The number of likely N-dealkylation sites (N-methyl/N-ethyl adjacent to an activating group) is 1. The standard InChI is InChI=1S/C18H25N5O2/c1-11-13(9-20-23(11)3)18-14(8-17(24)22(18)2)19-10-15-12-6-4-5-7-16(12)25-21-15/h9,14,18-19H,4-8,10H2,1-3H3/t14-,18+/m1/s1. The van der Waals surface area contributed by atoms with Crippen LogP contribution in [-0.4, -0.2) is 38.8 Å². The molecular weight excluding hydrogens is 318 g/mol. The fraction of sp³-hybridized carbons (Fsp3) is 0.611. The first kappa shape index (κ1) is 16.3. The van der Waals surface area contributed by atoms with Crippen LogP contribution in [0, 0.1) is 6.92 Å². The zero-order valence-electron chi connectivity index (χ0n) is 15.1. The van der Waals surface area contributed by atoms with Crippen LogP contribution in [0.1, 0.15) is 53.6 Å². The first-order valence-corrected chi connectivity index (χ1v) is 9.00. The Morgan fingerprint density at radius 3 is 2.88 bits per heavy atom. The zero-order valence-corrected chi connectivity index (χ0v) is 15.1. The largest absolute Gasteiger partial charge is 0.361 e. The Morgan fingerprint density at radius 1 is 1.32 bits per heavy atom. The number of fused-ring (bicyclic) bond motifs is 1. The topological polar surface area (TPSA) is 76.2 Å². The van der Waals surface area contributed by atoms with Crippen molar-refractivity contribution < 1.29 is 9.32 Å². The van der Waals surface area contributed by atoms with Gasteiger partial charge in [-0.05, 0) is 26.2 Å². The van der Waals surface area contributed by atoms with Gasteiger partial charge in [0.25, 0.3) is 0 Å². The maximum absolute atomic E-state index is 12.3. The Bertz CT molecular complexity index is 793. The van der Waals surface area contributed by atoms with Crippen LogP contribution in [-0.2, 0) is 31.2 Å². The van der Waals surface area contributed by atoms with E-state index < -0.39 is 0 Å². The summed E-state index contributed by atoms with van der Waals surface area (Å²) in [5.74, 6) is 1.20. The number of rotatable bonds is 4. The van der Waals surface area contributed by atoms with Crippen molar-refractivity contribution in [3.05, 3.63) is 34.5 Å². The maximum Gasteiger partial charge on any atom is 0.224 e. The van der Waals surface area contributed by atoms with Gasteiger partial charge in [-0.3, -0.25) is 9.48 Å². The lowest BCUT2D eigenvalue weighted by atomic mass is 9.96. The van der Waals surface area contributed by atoms with Gasteiger partial charge in [-0.1, -0.05) is 5.16 Å². The summed E-state index contributed by atoms with van der Waals surface area (Å²) in [6.07, 6.45) is 6.79. The molecule has 7 heteroatoms. The Hall–Kier alpha value is -2.15. The molecule has 2 aromatic rings. The van der Waals surface area contributed by atoms with Crippen LogP contribution in [0.5, 0.6) is 0 Å². The number of hydrogen-bond donors (Lipinski definition) is 1. The molecule has 3 heterocycles. The second-order valence-corrected chi connectivity index (χ2v) is 7.19. The summed E-state index contributed by atoms with van der Waals surface area (Å²) in [5.41, 5.74) is 4.47. The number of aryl methyl sites for hydroxylation is 2. The van der Waals surface area contributed by atoms with E-state index in [9.17, 15) is 4.79 Å². The van der Waals surface area contributed by atoms with Crippen LogP contribution in [0.25, 0.3) is 0 Å². The van der Waals surface area contributed by atoms with E-state index in [1.54, 1.807) is 0 Å². The molecule has 134 valence electrons. The molecule has 1 N–H and O–H groups in total. The minimum atomic E-state index is 0.00364. The van der Waals surface area contributed by atoms with E-state index in [-0.39, 0.29) is 18.0 Å². The summed E-state index contributed by atoms with van der Waals surface area (Å²) < 4.78 is 7.36. The number of nitrogens with one attached hydrogen (secondary N) is 1. The monoisotopic (exact) mass is 343 g/mol. The summed E-state index contributed by atoms with van der Waals surface area (Å²) in [5, 5.41) is 12.2. The molecule has 2 aliphatic rings. The molecular formula is C18H25N5O2. The molecule has 2 aromatic heterocycles. The highest BCUT2D eigenvalue weighted by molar-refractivity contribution is 5.80. The van der Waals surface area contributed by atoms with Crippen LogP contribution in [0.15, 0.2) is 10.7 Å². The van der Waals surface area contributed by atoms with E-state index >= 15 is 0 Å². The van der Waals surface area contributed by atoms with Gasteiger partial charge in [0.15, 0.2) is 0 Å². The third-order valence-corrected chi connectivity index (χ3v) is 5.74. The smallest absolute Gasteiger partial charge is 0.224 e. The SMILES string of the molecule is Cc1c([C@H]2[C@H](NCc3noc4c3CCCC4)CC(=O)N2C)cnn1C. The molecule has 25 heavy (non-hydrogen) atoms. The van der Waals surface area contributed by atoms with E-state index in [0.29, 0.717) is 13.0 Å². The van der Waals surface area contributed by atoms with Crippen molar-refractivity contribution in [3.63, 3.8) is 0 Å². The molecule has 0 unspecified atom stereocenters. The van der Waals surface area contributed by atoms with Gasteiger partial charge in [-0.15, -0.1) is 0 Å². The number of carbonyl (C=O) groups excluding carboxylic acids is 1. The van der Waals surface area contributed by atoms with Gasteiger partial charge in [0.05, 0.1) is 12.2 Å². The number of likely N-dealkylation sites (tertiary alicyclic amines) is 1. The molecule has 0 radical (unpaired) electrons. The molecule has 1 aliphatic heterocycles. The van der Waals surface area contributed by atoms with E-state index in [1.807, 2.05) is 36.8 Å². The van der Waals surface area contributed by atoms with Gasteiger partial charge in [-0.25, -0.2) is 0 Å². The van der Waals surface area contributed by atoms with Crippen molar-refractivity contribution in [1.29, 1.82) is 0 Å². The number of hydrogen-bond acceptors (Lipinski definition) is 5. The van der Waals surface area contributed by atoms with Crippen molar-refractivity contribution in [2.24, 2.45) is 7.05 Å². The first-order chi connectivity index (χ1) is 12.1. The van der Waals surface area contributed by atoms with Crippen molar-refractivity contribution >= 4 is 5.91 Å². The average molecular weight is 343 g/mol. The van der Waals surface area contributed by atoms with Gasteiger partial charge < -0.3 is 14.7 Å². The predicted molar refractivity (Wildman–Crippen MR) is 91.8 cm³/mol. The average Bonchev–Trinajstić information content (AvgIpc) is 3.25. The number of amides is 1. The van der Waals surface area contributed by atoms with Gasteiger partial charge in [0.1, 0.15) is 11.5 Å². The normalized spacial score (nSPS) is 23.3. The molecule has 1 aliphatic carbocycles. The van der Waals surface area contributed by atoms with Crippen LogP contribution >= 0.6 is 0 Å². The summed E-state index contributed by atoms with van der Waals surface area (Å²) in [7, 11) is 3.80. The third kappa shape index (κ3) is 2.76. The first-order valence-electron chi connectivity index (χ1n) is 9.00. The molecule has 2 atom stereocenters. The lowest BCUT2D eigenvalue weighted by molar-refractivity contribution is -0.127. The second kappa shape index (κ2) is 6.29. The van der Waals surface area contributed by atoms with Gasteiger partial charge in [0.2, 0.25) is 5.91 Å². The summed E-state index contributed by atoms with van der Waals surface area (Å²) in [6.45, 7) is 2.68. The van der Waals surface area contributed by atoms with Crippen LogP contribution in [0.4, 0.5) is 0 Å².